The Morgan fingerprint density at radius 3 is 2.75 bits per heavy atom. The third-order valence-electron chi connectivity index (χ3n) is 1.94. The molecule has 1 atom stereocenters. The molecule has 0 aliphatic carbocycles. The number of thiophene rings is 1. The summed E-state index contributed by atoms with van der Waals surface area (Å²) in [4.78, 5) is 11.7. The maximum Gasteiger partial charge on any atom is 0.329 e. The summed E-state index contributed by atoms with van der Waals surface area (Å²) in [6, 6.07) is 3.66. The van der Waals surface area contributed by atoms with E-state index >= 15 is 0 Å². The van der Waals surface area contributed by atoms with Gasteiger partial charge in [-0.2, -0.15) is 0 Å². The summed E-state index contributed by atoms with van der Waals surface area (Å²) in [6.45, 7) is 1.65. The highest BCUT2D eigenvalue weighted by Gasteiger charge is 2.33. The fourth-order valence-corrected chi connectivity index (χ4v) is 1.78. The number of hydrogen-bond acceptors (Lipinski definition) is 3. The number of nitrogens with one attached hydrogen (secondary N) is 1. The van der Waals surface area contributed by atoms with Gasteiger partial charge >= 0.3 is 5.97 Å². The van der Waals surface area contributed by atoms with E-state index in [-0.39, 0.29) is 0 Å². The number of carboxylic acid groups (broad SMARTS) is 1. The van der Waals surface area contributed by atoms with Gasteiger partial charge in [0.1, 0.15) is 5.54 Å². The molecule has 0 aliphatic rings. The van der Waals surface area contributed by atoms with E-state index in [1.165, 1.54) is 11.3 Å². The molecule has 0 bridgehead atoms. The van der Waals surface area contributed by atoms with Crippen LogP contribution < -0.4 is 5.32 Å². The van der Waals surface area contributed by atoms with Gasteiger partial charge in [0.15, 0.2) is 0 Å². The number of likely N-dealkylation sites (N-methyl/N-ethyl adjacent to an activating group) is 1. The molecule has 1 rings (SSSR count). The first-order valence-corrected chi connectivity index (χ1v) is 4.45. The predicted molar refractivity (Wildman–Crippen MR) is 48.4 cm³/mol. The molecule has 0 saturated carbocycles. The van der Waals surface area contributed by atoms with Gasteiger partial charge in [0, 0.05) is 4.88 Å². The molecule has 66 valence electrons. The summed E-state index contributed by atoms with van der Waals surface area (Å²) in [5.74, 6) is -0.854. The summed E-state index contributed by atoms with van der Waals surface area (Å²) in [5.41, 5.74) is -0.950. The van der Waals surface area contributed by atoms with Gasteiger partial charge in [-0.15, -0.1) is 11.3 Å². The normalized spacial score (nSPS) is 15.5. The van der Waals surface area contributed by atoms with Crippen molar-refractivity contribution in [2.75, 3.05) is 7.05 Å². The molecule has 0 radical (unpaired) electrons. The maximum atomic E-state index is 10.9. The summed E-state index contributed by atoms with van der Waals surface area (Å²) < 4.78 is 0. The molecule has 2 N–H and O–H groups in total. The fraction of sp³-hybridized carbons (Fsp3) is 0.375. The highest BCUT2D eigenvalue weighted by molar-refractivity contribution is 7.10. The Labute approximate surface area is 75.0 Å². The minimum Gasteiger partial charge on any atom is -0.480 e. The number of aliphatic carboxylic acids is 1. The van der Waals surface area contributed by atoms with Crippen molar-refractivity contribution in [2.45, 2.75) is 12.5 Å². The summed E-state index contributed by atoms with van der Waals surface area (Å²) in [7, 11) is 1.65. The van der Waals surface area contributed by atoms with Crippen LogP contribution >= 0.6 is 11.3 Å². The van der Waals surface area contributed by atoms with Crippen molar-refractivity contribution in [3.05, 3.63) is 22.4 Å². The molecule has 12 heavy (non-hydrogen) atoms. The lowest BCUT2D eigenvalue weighted by molar-refractivity contribution is -0.144. The van der Waals surface area contributed by atoms with Crippen LogP contribution in [0.4, 0.5) is 0 Å². The van der Waals surface area contributed by atoms with E-state index in [0.29, 0.717) is 0 Å². The average Bonchev–Trinajstić information content (AvgIpc) is 2.54. The second-order valence-corrected chi connectivity index (χ2v) is 3.61. The van der Waals surface area contributed by atoms with E-state index in [2.05, 4.69) is 5.32 Å². The highest BCUT2D eigenvalue weighted by atomic mass is 32.1. The topological polar surface area (TPSA) is 49.3 Å². The molecule has 3 nitrogen and oxygen atoms in total. The van der Waals surface area contributed by atoms with Crippen molar-refractivity contribution in [3.63, 3.8) is 0 Å². The van der Waals surface area contributed by atoms with Gasteiger partial charge in [-0.1, -0.05) is 6.07 Å². The molecule has 0 saturated heterocycles. The summed E-state index contributed by atoms with van der Waals surface area (Å²) in [6.07, 6.45) is 0. The van der Waals surface area contributed by atoms with Gasteiger partial charge in [0.2, 0.25) is 0 Å². The third kappa shape index (κ3) is 1.35. The zero-order valence-electron chi connectivity index (χ0n) is 7.00. The van der Waals surface area contributed by atoms with Crippen molar-refractivity contribution in [1.82, 2.24) is 5.32 Å². The zero-order valence-corrected chi connectivity index (χ0v) is 7.81. The zero-order chi connectivity index (χ0) is 9.19. The lowest BCUT2D eigenvalue weighted by atomic mass is 10.0. The molecule has 0 amide bonds. The Morgan fingerprint density at radius 1 is 1.75 bits per heavy atom. The van der Waals surface area contributed by atoms with Crippen molar-refractivity contribution < 1.29 is 9.90 Å². The van der Waals surface area contributed by atoms with Crippen LogP contribution in [0, 0.1) is 0 Å². The predicted octanol–water partition coefficient (Wildman–Crippen LogP) is 1.27. The fourth-order valence-electron chi connectivity index (χ4n) is 0.899. The Hall–Kier alpha value is -0.870. The SMILES string of the molecule is CN[C@](C)(C(=O)O)c1cccs1. The molecule has 0 unspecified atom stereocenters. The minimum atomic E-state index is -0.950. The van der Waals surface area contributed by atoms with Gasteiger partial charge < -0.3 is 10.4 Å². The standard InChI is InChI=1S/C8H11NO2S/c1-8(9-2,7(10)11)6-4-3-5-12-6/h3-5,9H,1-2H3,(H,10,11)/t8-/m0/s1. The summed E-state index contributed by atoms with van der Waals surface area (Å²) in [5, 5.41) is 13.6. The Balaban J connectivity index is 3.04. The van der Waals surface area contributed by atoms with Crippen LogP contribution in [0.1, 0.15) is 11.8 Å². The number of hydrogen-bond donors (Lipinski definition) is 2. The lowest BCUT2D eigenvalue weighted by Crippen LogP contribution is -2.43. The number of carboxylic acids is 1. The van der Waals surface area contributed by atoms with Crippen LogP contribution in [0.2, 0.25) is 0 Å². The molecule has 1 heterocycles. The molecule has 1 aromatic heterocycles. The molecule has 0 fully saturated rings. The van der Waals surface area contributed by atoms with Crippen molar-refractivity contribution in [3.8, 4) is 0 Å². The van der Waals surface area contributed by atoms with Crippen molar-refractivity contribution in [2.24, 2.45) is 0 Å². The monoisotopic (exact) mass is 185 g/mol. The van der Waals surface area contributed by atoms with Crippen LogP contribution in [0.15, 0.2) is 17.5 Å². The van der Waals surface area contributed by atoms with E-state index < -0.39 is 11.5 Å². The van der Waals surface area contributed by atoms with Gasteiger partial charge in [0.25, 0.3) is 0 Å². The molecule has 0 spiro atoms. The lowest BCUT2D eigenvalue weighted by Gasteiger charge is -2.22. The average molecular weight is 185 g/mol. The van der Waals surface area contributed by atoms with Crippen LogP contribution in [0.5, 0.6) is 0 Å². The molecular weight excluding hydrogens is 174 g/mol. The Morgan fingerprint density at radius 2 is 2.42 bits per heavy atom. The molecular formula is C8H11NO2S. The first kappa shape index (κ1) is 9.22. The highest BCUT2D eigenvalue weighted by Crippen LogP contribution is 2.24. The van der Waals surface area contributed by atoms with Crippen LogP contribution in [0.25, 0.3) is 0 Å². The van der Waals surface area contributed by atoms with Gasteiger partial charge in [-0.05, 0) is 25.4 Å². The maximum absolute atomic E-state index is 10.9. The Kier molecular flexibility index (Phi) is 2.49. The van der Waals surface area contributed by atoms with Gasteiger partial charge in [-0.25, -0.2) is 4.79 Å². The second kappa shape index (κ2) is 3.25. The quantitative estimate of drug-likeness (QED) is 0.745. The first-order valence-electron chi connectivity index (χ1n) is 3.57. The van der Waals surface area contributed by atoms with Crippen LogP contribution in [0.3, 0.4) is 0 Å². The molecule has 4 heteroatoms. The van der Waals surface area contributed by atoms with Crippen molar-refractivity contribution in [1.29, 1.82) is 0 Å². The van der Waals surface area contributed by atoms with Gasteiger partial charge in [-0.3, -0.25) is 0 Å². The first-order chi connectivity index (χ1) is 5.61. The van der Waals surface area contributed by atoms with E-state index in [4.69, 9.17) is 5.11 Å². The molecule has 0 aliphatic heterocycles. The van der Waals surface area contributed by atoms with E-state index in [0.717, 1.165) is 4.88 Å². The summed E-state index contributed by atoms with van der Waals surface area (Å²) >= 11 is 1.44. The van der Waals surface area contributed by atoms with E-state index in [1.807, 2.05) is 17.5 Å². The second-order valence-electron chi connectivity index (χ2n) is 2.66. The number of rotatable bonds is 3. The van der Waals surface area contributed by atoms with Crippen LogP contribution in [-0.2, 0) is 10.3 Å². The Bertz CT molecular complexity index is 271. The minimum absolute atomic E-state index is 0.817. The smallest absolute Gasteiger partial charge is 0.329 e. The third-order valence-corrected chi connectivity index (χ3v) is 3.03. The van der Waals surface area contributed by atoms with E-state index in [1.54, 1.807) is 14.0 Å². The van der Waals surface area contributed by atoms with E-state index in [9.17, 15) is 4.79 Å². The van der Waals surface area contributed by atoms with Crippen LogP contribution in [-0.4, -0.2) is 18.1 Å². The number of carbonyl (C=O) groups is 1. The molecule has 1 aromatic rings. The molecule has 0 aromatic carbocycles. The van der Waals surface area contributed by atoms with Gasteiger partial charge in [0.05, 0.1) is 0 Å². The largest absolute Gasteiger partial charge is 0.480 e. The van der Waals surface area contributed by atoms with Crippen molar-refractivity contribution >= 4 is 17.3 Å².